The van der Waals surface area contributed by atoms with E-state index in [1.165, 1.54) is 0 Å². The van der Waals surface area contributed by atoms with Crippen molar-refractivity contribution in [1.82, 2.24) is 15.3 Å². The number of nitrogens with zero attached hydrogens (tertiary/aromatic N) is 2. The highest BCUT2D eigenvalue weighted by Crippen LogP contribution is 2.18. The Hall–Kier alpha value is -2.47. The van der Waals surface area contributed by atoms with E-state index in [-0.39, 0.29) is 5.91 Å². The van der Waals surface area contributed by atoms with E-state index in [1.807, 2.05) is 37.3 Å². The summed E-state index contributed by atoms with van der Waals surface area (Å²) in [5.41, 5.74) is 1.24. The first-order valence-corrected chi connectivity index (χ1v) is 8.20. The molecule has 0 atom stereocenters. The third-order valence-corrected chi connectivity index (χ3v) is 3.36. The maximum Gasteiger partial charge on any atom is 0.270 e. The average molecular weight is 328 g/mol. The zero-order valence-corrected chi connectivity index (χ0v) is 14.2. The summed E-state index contributed by atoms with van der Waals surface area (Å²) >= 11 is 0. The quantitative estimate of drug-likeness (QED) is 0.692. The fourth-order valence-electron chi connectivity index (χ4n) is 2.13. The lowest BCUT2D eigenvalue weighted by atomic mass is 10.2. The number of methoxy groups -OCH3 is 1. The highest BCUT2D eigenvalue weighted by molar-refractivity contribution is 5.93. The molecule has 1 heterocycles. The van der Waals surface area contributed by atoms with Crippen molar-refractivity contribution in [2.75, 3.05) is 32.1 Å². The van der Waals surface area contributed by atoms with Crippen molar-refractivity contribution >= 4 is 11.7 Å². The maximum atomic E-state index is 12.3. The number of rotatable bonds is 9. The van der Waals surface area contributed by atoms with Crippen LogP contribution in [0, 0.1) is 0 Å². The number of benzene rings is 1. The molecule has 0 unspecified atom stereocenters. The molecular weight excluding hydrogens is 304 g/mol. The second-order valence-corrected chi connectivity index (χ2v) is 5.36. The molecule has 2 rings (SSSR count). The van der Waals surface area contributed by atoms with E-state index in [9.17, 15) is 4.79 Å². The van der Waals surface area contributed by atoms with Crippen LogP contribution in [0.1, 0.15) is 30.3 Å². The number of ether oxygens (including phenoxy) is 1. The molecule has 6 nitrogen and oxygen atoms in total. The Morgan fingerprint density at radius 3 is 2.67 bits per heavy atom. The van der Waals surface area contributed by atoms with Crippen molar-refractivity contribution in [3.63, 3.8) is 0 Å². The Labute approximate surface area is 142 Å². The maximum absolute atomic E-state index is 12.3. The Bertz CT molecular complexity index is 647. The van der Waals surface area contributed by atoms with Gasteiger partial charge in [-0.3, -0.25) is 4.79 Å². The molecule has 1 amide bonds. The minimum absolute atomic E-state index is 0.184. The molecule has 0 aliphatic carbocycles. The van der Waals surface area contributed by atoms with Crippen LogP contribution in [0.5, 0.6) is 0 Å². The van der Waals surface area contributed by atoms with Crippen molar-refractivity contribution in [1.29, 1.82) is 0 Å². The third-order valence-electron chi connectivity index (χ3n) is 3.36. The van der Waals surface area contributed by atoms with Gasteiger partial charge in [0.25, 0.3) is 5.91 Å². The number of carbonyl (C=O) groups excluding carboxylic acids is 1. The highest BCUT2D eigenvalue weighted by atomic mass is 16.5. The zero-order valence-electron chi connectivity index (χ0n) is 14.2. The summed E-state index contributed by atoms with van der Waals surface area (Å²) in [7, 11) is 1.67. The van der Waals surface area contributed by atoms with Crippen molar-refractivity contribution in [2.45, 2.75) is 19.8 Å². The number of hydrogen-bond acceptors (Lipinski definition) is 5. The van der Waals surface area contributed by atoms with Gasteiger partial charge >= 0.3 is 0 Å². The summed E-state index contributed by atoms with van der Waals surface area (Å²) in [6, 6.07) is 11.3. The van der Waals surface area contributed by atoms with Gasteiger partial charge in [0.05, 0.1) is 0 Å². The minimum atomic E-state index is -0.184. The normalized spacial score (nSPS) is 10.4. The van der Waals surface area contributed by atoms with Gasteiger partial charge < -0.3 is 15.4 Å². The van der Waals surface area contributed by atoms with Crippen LogP contribution in [0.25, 0.3) is 11.4 Å². The molecule has 0 fully saturated rings. The molecule has 0 saturated heterocycles. The fraction of sp³-hybridized carbons (Fsp3) is 0.389. The first-order chi connectivity index (χ1) is 11.7. The van der Waals surface area contributed by atoms with Gasteiger partial charge in [-0.25, -0.2) is 9.97 Å². The van der Waals surface area contributed by atoms with Gasteiger partial charge in [-0.15, -0.1) is 0 Å². The van der Waals surface area contributed by atoms with E-state index >= 15 is 0 Å². The second kappa shape index (κ2) is 9.62. The van der Waals surface area contributed by atoms with E-state index in [1.54, 1.807) is 13.2 Å². The molecule has 0 bridgehead atoms. The summed E-state index contributed by atoms with van der Waals surface area (Å²) in [6.07, 6.45) is 1.74. The van der Waals surface area contributed by atoms with Crippen molar-refractivity contribution in [2.24, 2.45) is 0 Å². The average Bonchev–Trinajstić information content (AvgIpc) is 2.63. The number of nitrogens with one attached hydrogen (secondary N) is 2. The van der Waals surface area contributed by atoms with Gasteiger partial charge in [-0.1, -0.05) is 37.3 Å². The summed E-state index contributed by atoms with van der Waals surface area (Å²) in [5, 5.41) is 6.08. The van der Waals surface area contributed by atoms with E-state index in [4.69, 9.17) is 4.74 Å². The van der Waals surface area contributed by atoms with Crippen LogP contribution >= 0.6 is 0 Å². The smallest absolute Gasteiger partial charge is 0.270 e. The monoisotopic (exact) mass is 328 g/mol. The molecule has 0 saturated carbocycles. The lowest BCUT2D eigenvalue weighted by molar-refractivity contribution is 0.0948. The first-order valence-electron chi connectivity index (χ1n) is 8.20. The predicted octanol–water partition coefficient (Wildman–Crippen LogP) is 2.73. The molecule has 128 valence electrons. The molecule has 2 aromatic rings. The van der Waals surface area contributed by atoms with Crippen LogP contribution in [0.4, 0.5) is 5.82 Å². The molecule has 1 aromatic carbocycles. The Balaban J connectivity index is 2.24. The zero-order chi connectivity index (χ0) is 17.2. The lowest BCUT2D eigenvalue weighted by Crippen LogP contribution is -2.25. The number of hydrogen-bond donors (Lipinski definition) is 2. The molecule has 2 N–H and O–H groups in total. The molecule has 6 heteroatoms. The van der Waals surface area contributed by atoms with Crippen LogP contribution < -0.4 is 10.6 Å². The Morgan fingerprint density at radius 1 is 1.17 bits per heavy atom. The first kappa shape index (κ1) is 17.9. The molecule has 0 spiro atoms. The van der Waals surface area contributed by atoms with Crippen LogP contribution in [-0.4, -0.2) is 42.7 Å². The molecule has 24 heavy (non-hydrogen) atoms. The predicted molar refractivity (Wildman–Crippen MR) is 95.1 cm³/mol. The summed E-state index contributed by atoms with van der Waals surface area (Å²) in [6.45, 7) is 4.03. The fourth-order valence-corrected chi connectivity index (χ4v) is 2.13. The highest BCUT2D eigenvalue weighted by Gasteiger charge is 2.12. The summed E-state index contributed by atoms with van der Waals surface area (Å²) < 4.78 is 5.04. The van der Waals surface area contributed by atoms with Crippen molar-refractivity contribution in [3.8, 4) is 11.4 Å². The Morgan fingerprint density at radius 2 is 1.96 bits per heavy atom. The summed E-state index contributed by atoms with van der Waals surface area (Å²) in [5.74, 6) is 0.993. The van der Waals surface area contributed by atoms with Gasteiger partial charge in [0.15, 0.2) is 5.82 Å². The van der Waals surface area contributed by atoms with Crippen LogP contribution in [0.2, 0.25) is 0 Å². The number of amides is 1. The molecule has 1 aromatic heterocycles. The van der Waals surface area contributed by atoms with Crippen LogP contribution in [-0.2, 0) is 4.74 Å². The van der Waals surface area contributed by atoms with Crippen LogP contribution in [0.3, 0.4) is 0 Å². The molecular formula is C18H24N4O2. The van der Waals surface area contributed by atoms with E-state index in [0.29, 0.717) is 30.5 Å². The summed E-state index contributed by atoms with van der Waals surface area (Å²) in [4.78, 5) is 21.2. The SMILES string of the molecule is CCCNC(=O)c1cc(NCCCOC)nc(-c2ccccc2)n1. The second-order valence-electron chi connectivity index (χ2n) is 5.36. The molecule has 0 aliphatic heterocycles. The van der Waals surface area contributed by atoms with Gasteiger partial charge in [0.2, 0.25) is 0 Å². The lowest BCUT2D eigenvalue weighted by Gasteiger charge is -2.10. The van der Waals surface area contributed by atoms with E-state index in [2.05, 4.69) is 20.6 Å². The largest absolute Gasteiger partial charge is 0.385 e. The molecule has 0 radical (unpaired) electrons. The van der Waals surface area contributed by atoms with Gasteiger partial charge in [0.1, 0.15) is 11.5 Å². The van der Waals surface area contributed by atoms with Gasteiger partial charge in [-0.2, -0.15) is 0 Å². The van der Waals surface area contributed by atoms with Crippen LogP contribution in [0.15, 0.2) is 36.4 Å². The topological polar surface area (TPSA) is 76.1 Å². The third kappa shape index (κ3) is 5.31. The van der Waals surface area contributed by atoms with Crippen molar-refractivity contribution in [3.05, 3.63) is 42.1 Å². The molecule has 0 aliphatic rings. The van der Waals surface area contributed by atoms with Gasteiger partial charge in [0, 0.05) is 38.4 Å². The van der Waals surface area contributed by atoms with E-state index in [0.717, 1.165) is 24.9 Å². The van der Waals surface area contributed by atoms with Gasteiger partial charge in [-0.05, 0) is 12.8 Å². The standard InChI is InChI=1S/C18H24N4O2/c1-3-10-20-18(23)15-13-16(19-11-7-12-24-2)22-17(21-15)14-8-5-4-6-9-14/h4-6,8-9,13H,3,7,10-12H2,1-2H3,(H,20,23)(H,19,21,22). The Kier molecular flexibility index (Phi) is 7.17. The number of aromatic nitrogens is 2. The van der Waals surface area contributed by atoms with Crippen molar-refractivity contribution < 1.29 is 9.53 Å². The van der Waals surface area contributed by atoms with E-state index < -0.39 is 0 Å². The minimum Gasteiger partial charge on any atom is -0.385 e. The number of anilines is 1. The number of carbonyl (C=O) groups is 1.